The molecule has 2 aliphatic heterocycles. The normalized spacial score (nSPS) is 19.4. The van der Waals surface area contributed by atoms with E-state index in [0.717, 1.165) is 45.0 Å². The number of carbonyl (C=O) groups excluding carboxylic acids is 1. The molecule has 6 heteroatoms. The first-order valence-corrected chi connectivity index (χ1v) is 10.4. The fraction of sp³-hybridized carbons (Fsp3) is 0.500. The average Bonchev–Trinajstić information content (AvgIpc) is 3.30. The summed E-state index contributed by atoms with van der Waals surface area (Å²) in [5.41, 5.74) is 1.23. The molecule has 0 bridgehead atoms. The lowest BCUT2D eigenvalue weighted by Gasteiger charge is -2.37. The lowest BCUT2D eigenvalue weighted by atomic mass is 10.1. The van der Waals surface area contributed by atoms with Gasteiger partial charge in [-0.15, -0.1) is 0 Å². The summed E-state index contributed by atoms with van der Waals surface area (Å²) in [4.78, 5) is 19.4. The van der Waals surface area contributed by atoms with Gasteiger partial charge in [-0.1, -0.05) is 24.6 Å². The Kier molecular flexibility index (Phi) is 6.17. The highest BCUT2D eigenvalue weighted by atomic mass is 16.3. The van der Waals surface area contributed by atoms with E-state index in [2.05, 4.69) is 39.4 Å². The van der Waals surface area contributed by atoms with Crippen LogP contribution in [0.4, 0.5) is 10.5 Å². The van der Waals surface area contributed by atoms with Crippen LogP contribution in [0.5, 0.6) is 0 Å². The summed E-state index contributed by atoms with van der Waals surface area (Å²) < 4.78 is 5.68. The Bertz CT molecular complexity index is 720. The van der Waals surface area contributed by atoms with Gasteiger partial charge in [-0.2, -0.15) is 0 Å². The van der Waals surface area contributed by atoms with Crippen molar-refractivity contribution in [3.05, 3.63) is 54.5 Å². The molecule has 1 unspecified atom stereocenters. The van der Waals surface area contributed by atoms with Crippen LogP contribution < -0.4 is 10.2 Å². The van der Waals surface area contributed by atoms with E-state index in [1.54, 1.807) is 6.26 Å². The Morgan fingerprint density at radius 1 is 0.929 bits per heavy atom. The highest BCUT2D eigenvalue weighted by Gasteiger charge is 2.27. The van der Waals surface area contributed by atoms with Gasteiger partial charge in [0.1, 0.15) is 5.76 Å². The molecule has 6 nitrogen and oxygen atoms in total. The monoisotopic (exact) mass is 382 g/mol. The Labute approximate surface area is 167 Å². The first-order valence-electron chi connectivity index (χ1n) is 10.4. The number of para-hydroxylation sites is 1. The number of nitrogens with zero attached hydrogens (tertiary/aromatic N) is 3. The fourth-order valence-electron chi connectivity index (χ4n) is 4.22. The molecule has 0 spiro atoms. The molecule has 2 aliphatic rings. The quantitative estimate of drug-likeness (QED) is 0.862. The van der Waals surface area contributed by atoms with Crippen LogP contribution in [0.2, 0.25) is 0 Å². The number of likely N-dealkylation sites (tertiary alicyclic amines) is 1. The maximum absolute atomic E-state index is 12.7. The maximum Gasteiger partial charge on any atom is 0.317 e. The molecule has 0 radical (unpaired) electrons. The maximum atomic E-state index is 12.7. The minimum absolute atomic E-state index is 0.0290. The van der Waals surface area contributed by atoms with Crippen molar-refractivity contribution in [3.8, 4) is 0 Å². The number of furan rings is 1. The Balaban J connectivity index is 1.30. The van der Waals surface area contributed by atoms with Crippen LogP contribution in [0.3, 0.4) is 0 Å². The van der Waals surface area contributed by atoms with Crippen LogP contribution in [0.25, 0.3) is 0 Å². The highest BCUT2D eigenvalue weighted by Crippen LogP contribution is 2.24. The second-order valence-electron chi connectivity index (χ2n) is 7.62. The zero-order chi connectivity index (χ0) is 19.2. The van der Waals surface area contributed by atoms with Crippen molar-refractivity contribution in [1.82, 2.24) is 15.1 Å². The lowest BCUT2D eigenvalue weighted by molar-refractivity contribution is 0.139. The van der Waals surface area contributed by atoms with Gasteiger partial charge in [-0.25, -0.2) is 4.79 Å². The SMILES string of the molecule is O=C(NCC(c1ccco1)N1CCCCC1)N1CCN(c2ccccc2)CC1. The number of piperazine rings is 1. The molecule has 1 atom stereocenters. The van der Waals surface area contributed by atoms with Crippen molar-refractivity contribution >= 4 is 11.7 Å². The predicted molar refractivity (Wildman–Crippen MR) is 110 cm³/mol. The number of hydrogen-bond donors (Lipinski definition) is 1. The van der Waals surface area contributed by atoms with Gasteiger partial charge >= 0.3 is 6.03 Å². The first-order chi connectivity index (χ1) is 13.8. The lowest BCUT2D eigenvalue weighted by Crippen LogP contribution is -2.53. The van der Waals surface area contributed by atoms with Crippen molar-refractivity contribution in [2.75, 3.05) is 50.7 Å². The second kappa shape index (κ2) is 9.15. The molecular weight excluding hydrogens is 352 g/mol. The smallest absolute Gasteiger partial charge is 0.317 e. The zero-order valence-corrected chi connectivity index (χ0v) is 16.4. The Morgan fingerprint density at radius 3 is 2.36 bits per heavy atom. The molecule has 4 rings (SSSR count). The van der Waals surface area contributed by atoms with Crippen LogP contribution in [0.15, 0.2) is 53.1 Å². The fourth-order valence-corrected chi connectivity index (χ4v) is 4.22. The van der Waals surface area contributed by atoms with Crippen molar-refractivity contribution in [1.29, 1.82) is 0 Å². The van der Waals surface area contributed by atoms with E-state index in [-0.39, 0.29) is 12.1 Å². The standard InChI is InChI=1S/C22H30N4O2/c27-22(26-15-13-24(14-16-26)19-8-3-1-4-9-19)23-18-20(21-10-7-17-28-21)25-11-5-2-6-12-25/h1,3-4,7-10,17,20H,2,5-6,11-16,18H2,(H,23,27). The summed E-state index contributed by atoms with van der Waals surface area (Å²) in [5, 5.41) is 3.16. The van der Waals surface area contributed by atoms with E-state index in [0.29, 0.717) is 6.54 Å². The molecule has 3 heterocycles. The molecule has 2 fully saturated rings. The Morgan fingerprint density at radius 2 is 1.68 bits per heavy atom. The molecule has 1 N–H and O–H groups in total. The molecule has 2 aromatic rings. The topological polar surface area (TPSA) is 52.0 Å². The van der Waals surface area contributed by atoms with E-state index >= 15 is 0 Å². The average molecular weight is 383 g/mol. The van der Waals surface area contributed by atoms with Gasteiger partial charge in [0.25, 0.3) is 0 Å². The van der Waals surface area contributed by atoms with Gasteiger partial charge < -0.3 is 19.5 Å². The molecule has 0 aliphatic carbocycles. The van der Waals surface area contributed by atoms with Gasteiger partial charge in [-0.3, -0.25) is 4.90 Å². The van der Waals surface area contributed by atoms with Crippen molar-refractivity contribution < 1.29 is 9.21 Å². The summed E-state index contributed by atoms with van der Waals surface area (Å²) in [5.74, 6) is 0.941. The molecule has 0 saturated carbocycles. The van der Waals surface area contributed by atoms with Crippen LogP contribution in [-0.4, -0.2) is 61.6 Å². The zero-order valence-electron chi connectivity index (χ0n) is 16.4. The number of urea groups is 1. The number of piperidine rings is 1. The number of benzene rings is 1. The van der Waals surface area contributed by atoms with E-state index in [1.807, 2.05) is 23.1 Å². The molecule has 1 aromatic carbocycles. The first kappa shape index (κ1) is 18.9. The number of amides is 2. The van der Waals surface area contributed by atoms with E-state index in [1.165, 1.54) is 24.9 Å². The summed E-state index contributed by atoms with van der Waals surface area (Å²) >= 11 is 0. The molecule has 150 valence electrons. The number of carbonyl (C=O) groups is 1. The molecule has 1 aromatic heterocycles. The van der Waals surface area contributed by atoms with E-state index in [4.69, 9.17) is 4.42 Å². The van der Waals surface area contributed by atoms with Gasteiger partial charge in [-0.05, 0) is 50.2 Å². The van der Waals surface area contributed by atoms with Crippen LogP contribution >= 0.6 is 0 Å². The highest BCUT2D eigenvalue weighted by molar-refractivity contribution is 5.74. The summed E-state index contributed by atoms with van der Waals surface area (Å²) in [6.07, 6.45) is 5.44. The summed E-state index contributed by atoms with van der Waals surface area (Å²) in [7, 11) is 0. The van der Waals surface area contributed by atoms with Crippen molar-refractivity contribution in [3.63, 3.8) is 0 Å². The van der Waals surface area contributed by atoms with Crippen LogP contribution in [0.1, 0.15) is 31.1 Å². The Hall–Kier alpha value is -2.47. The molecule has 28 heavy (non-hydrogen) atoms. The molecule has 2 saturated heterocycles. The van der Waals surface area contributed by atoms with Crippen molar-refractivity contribution in [2.45, 2.75) is 25.3 Å². The van der Waals surface area contributed by atoms with Crippen LogP contribution in [-0.2, 0) is 0 Å². The van der Waals surface area contributed by atoms with Gasteiger partial charge in [0, 0.05) is 38.4 Å². The minimum atomic E-state index is 0.0290. The number of rotatable bonds is 5. The van der Waals surface area contributed by atoms with Crippen molar-refractivity contribution in [2.24, 2.45) is 0 Å². The second-order valence-corrected chi connectivity index (χ2v) is 7.62. The number of anilines is 1. The largest absolute Gasteiger partial charge is 0.468 e. The predicted octanol–water partition coefficient (Wildman–Crippen LogP) is 3.34. The van der Waals surface area contributed by atoms with E-state index < -0.39 is 0 Å². The van der Waals surface area contributed by atoms with E-state index in [9.17, 15) is 4.79 Å². The minimum Gasteiger partial charge on any atom is -0.468 e. The number of nitrogens with one attached hydrogen (secondary N) is 1. The van der Waals surface area contributed by atoms with Gasteiger partial charge in [0.05, 0.1) is 12.3 Å². The van der Waals surface area contributed by atoms with Gasteiger partial charge in [0.15, 0.2) is 0 Å². The third-order valence-electron chi connectivity index (χ3n) is 5.84. The molecular formula is C22H30N4O2. The third kappa shape index (κ3) is 4.50. The van der Waals surface area contributed by atoms with Gasteiger partial charge in [0.2, 0.25) is 0 Å². The third-order valence-corrected chi connectivity index (χ3v) is 5.84. The van der Waals surface area contributed by atoms with Crippen LogP contribution in [0, 0.1) is 0 Å². The summed E-state index contributed by atoms with van der Waals surface area (Å²) in [6, 6.07) is 14.5. The molecule has 2 amide bonds. The number of hydrogen-bond acceptors (Lipinski definition) is 4. The summed E-state index contributed by atoms with van der Waals surface area (Å²) in [6.45, 7) is 5.95.